The first kappa shape index (κ1) is 11.7. The number of carbonyl (C=O) groups is 1. The Balaban J connectivity index is 2.92. The predicted octanol–water partition coefficient (Wildman–Crippen LogP) is 1.90. The zero-order valence-corrected chi connectivity index (χ0v) is 9.28. The SMILES string of the molecule is COc1ccc(C(=O)C(C)(C)CO)cc1. The molecule has 0 spiro atoms. The summed E-state index contributed by atoms with van der Waals surface area (Å²) in [7, 11) is 1.58. The molecular weight excluding hydrogens is 192 g/mol. The van der Waals surface area contributed by atoms with Gasteiger partial charge in [0.1, 0.15) is 5.75 Å². The first-order valence-corrected chi connectivity index (χ1v) is 4.81. The van der Waals surface area contributed by atoms with Crippen molar-refractivity contribution in [1.29, 1.82) is 0 Å². The normalized spacial score (nSPS) is 11.2. The average molecular weight is 208 g/mol. The van der Waals surface area contributed by atoms with Crippen molar-refractivity contribution in [3.8, 4) is 5.75 Å². The second kappa shape index (κ2) is 4.45. The van der Waals surface area contributed by atoms with Crippen LogP contribution in [0, 0.1) is 5.41 Å². The summed E-state index contributed by atoms with van der Waals surface area (Å²) >= 11 is 0. The lowest BCUT2D eigenvalue weighted by Gasteiger charge is -2.19. The second-order valence-electron chi connectivity index (χ2n) is 4.10. The lowest BCUT2D eigenvalue weighted by molar-refractivity contribution is 0.0726. The third-order valence-corrected chi connectivity index (χ3v) is 2.36. The first-order valence-electron chi connectivity index (χ1n) is 4.81. The van der Waals surface area contributed by atoms with Crippen LogP contribution in [0.4, 0.5) is 0 Å². The van der Waals surface area contributed by atoms with E-state index in [9.17, 15) is 4.79 Å². The third kappa shape index (κ3) is 2.57. The van der Waals surface area contributed by atoms with Gasteiger partial charge in [-0.15, -0.1) is 0 Å². The Hall–Kier alpha value is -1.35. The first-order chi connectivity index (χ1) is 7.01. The lowest BCUT2D eigenvalue weighted by atomic mass is 9.85. The highest BCUT2D eigenvalue weighted by Crippen LogP contribution is 2.22. The molecular formula is C12H16O3. The maximum absolute atomic E-state index is 11.9. The van der Waals surface area contributed by atoms with Gasteiger partial charge in [-0.2, -0.15) is 0 Å². The number of hydrogen-bond acceptors (Lipinski definition) is 3. The van der Waals surface area contributed by atoms with E-state index in [0.717, 1.165) is 0 Å². The smallest absolute Gasteiger partial charge is 0.170 e. The minimum Gasteiger partial charge on any atom is -0.497 e. The van der Waals surface area contributed by atoms with Crippen LogP contribution in [0.3, 0.4) is 0 Å². The summed E-state index contributed by atoms with van der Waals surface area (Å²) in [6.07, 6.45) is 0. The molecule has 0 heterocycles. The molecule has 0 saturated heterocycles. The molecule has 0 aromatic heterocycles. The van der Waals surface area contributed by atoms with E-state index in [1.54, 1.807) is 45.2 Å². The number of ether oxygens (including phenoxy) is 1. The van der Waals surface area contributed by atoms with Crippen molar-refractivity contribution in [3.05, 3.63) is 29.8 Å². The number of carbonyl (C=O) groups excluding carboxylic acids is 1. The van der Waals surface area contributed by atoms with Crippen LogP contribution in [0.2, 0.25) is 0 Å². The van der Waals surface area contributed by atoms with Crippen molar-refractivity contribution < 1.29 is 14.6 Å². The van der Waals surface area contributed by atoms with Crippen molar-refractivity contribution in [2.24, 2.45) is 5.41 Å². The van der Waals surface area contributed by atoms with Crippen LogP contribution in [0.15, 0.2) is 24.3 Å². The molecule has 15 heavy (non-hydrogen) atoms. The number of rotatable bonds is 4. The molecule has 1 N–H and O–H groups in total. The van der Waals surface area contributed by atoms with Crippen LogP contribution in [0.5, 0.6) is 5.75 Å². The molecule has 0 unspecified atom stereocenters. The number of ketones is 1. The van der Waals surface area contributed by atoms with E-state index < -0.39 is 5.41 Å². The van der Waals surface area contributed by atoms with E-state index in [1.807, 2.05) is 0 Å². The van der Waals surface area contributed by atoms with Gasteiger partial charge in [0.2, 0.25) is 0 Å². The van der Waals surface area contributed by atoms with E-state index in [-0.39, 0.29) is 12.4 Å². The van der Waals surface area contributed by atoms with Gasteiger partial charge in [0.15, 0.2) is 5.78 Å². The van der Waals surface area contributed by atoms with Crippen LogP contribution in [0.1, 0.15) is 24.2 Å². The summed E-state index contributed by atoms with van der Waals surface area (Å²) in [5, 5.41) is 9.08. The van der Waals surface area contributed by atoms with Gasteiger partial charge in [0, 0.05) is 5.56 Å². The van der Waals surface area contributed by atoms with E-state index >= 15 is 0 Å². The third-order valence-electron chi connectivity index (χ3n) is 2.36. The Morgan fingerprint density at radius 3 is 2.27 bits per heavy atom. The molecule has 0 radical (unpaired) electrons. The quantitative estimate of drug-likeness (QED) is 0.769. The number of hydrogen-bond donors (Lipinski definition) is 1. The van der Waals surface area contributed by atoms with Gasteiger partial charge >= 0.3 is 0 Å². The van der Waals surface area contributed by atoms with Crippen LogP contribution in [-0.2, 0) is 0 Å². The number of aliphatic hydroxyl groups is 1. The van der Waals surface area contributed by atoms with Crippen LogP contribution >= 0.6 is 0 Å². The van der Waals surface area contributed by atoms with Gasteiger partial charge in [-0.05, 0) is 24.3 Å². The molecule has 0 atom stereocenters. The molecule has 82 valence electrons. The summed E-state index contributed by atoms with van der Waals surface area (Å²) in [6.45, 7) is 3.29. The highest BCUT2D eigenvalue weighted by Gasteiger charge is 2.27. The summed E-state index contributed by atoms with van der Waals surface area (Å²) in [5.74, 6) is 0.654. The van der Waals surface area contributed by atoms with Crippen LogP contribution in [-0.4, -0.2) is 24.6 Å². The molecule has 0 aliphatic rings. The minimum absolute atomic E-state index is 0.0624. The topological polar surface area (TPSA) is 46.5 Å². The number of methoxy groups -OCH3 is 1. The Bertz CT molecular complexity index is 338. The number of Topliss-reactive ketones (excluding diaryl/α,β-unsaturated/α-hetero) is 1. The minimum atomic E-state index is -0.728. The second-order valence-corrected chi connectivity index (χ2v) is 4.10. The molecule has 0 aliphatic heterocycles. The van der Waals surface area contributed by atoms with Crippen LogP contribution < -0.4 is 4.74 Å². The fourth-order valence-electron chi connectivity index (χ4n) is 1.20. The largest absolute Gasteiger partial charge is 0.497 e. The van der Waals surface area contributed by atoms with Crippen molar-refractivity contribution in [2.45, 2.75) is 13.8 Å². The predicted molar refractivity (Wildman–Crippen MR) is 58.2 cm³/mol. The van der Waals surface area contributed by atoms with E-state index in [2.05, 4.69) is 0 Å². The van der Waals surface area contributed by atoms with Crippen molar-refractivity contribution >= 4 is 5.78 Å². The average Bonchev–Trinajstić information content (AvgIpc) is 2.28. The Labute approximate surface area is 89.7 Å². The van der Waals surface area contributed by atoms with Gasteiger partial charge in [-0.25, -0.2) is 0 Å². The Kier molecular flexibility index (Phi) is 3.48. The fourth-order valence-corrected chi connectivity index (χ4v) is 1.20. The van der Waals surface area contributed by atoms with Gasteiger partial charge in [-0.1, -0.05) is 13.8 Å². The number of aliphatic hydroxyl groups excluding tert-OH is 1. The van der Waals surface area contributed by atoms with E-state index in [4.69, 9.17) is 9.84 Å². The van der Waals surface area contributed by atoms with Crippen molar-refractivity contribution in [3.63, 3.8) is 0 Å². The van der Waals surface area contributed by atoms with E-state index in [0.29, 0.717) is 11.3 Å². The highest BCUT2D eigenvalue weighted by molar-refractivity contribution is 6.00. The maximum Gasteiger partial charge on any atom is 0.170 e. The summed E-state index contributed by atoms with van der Waals surface area (Å²) in [4.78, 5) is 11.9. The lowest BCUT2D eigenvalue weighted by Crippen LogP contribution is -2.28. The van der Waals surface area contributed by atoms with E-state index in [1.165, 1.54) is 0 Å². The zero-order valence-electron chi connectivity index (χ0n) is 9.28. The molecule has 0 fully saturated rings. The molecule has 1 aromatic carbocycles. The maximum atomic E-state index is 11.9. The molecule has 0 amide bonds. The molecule has 3 heteroatoms. The molecule has 1 rings (SSSR count). The van der Waals surface area contributed by atoms with Crippen molar-refractivity contribution in [1.82, 2.24) is 0 Å². The molecule has 0 aliphatic carbocycles. The monoisotopic (exact) mass is 208 g/mol. The van der Waals surface area contributed by atoms with Gasteiger partial charge < -0.3 is 9.84 Å². The molecule has 0 saturated carbocycles. The molecule has 3 nitrogen and oxygen atoms in total. The van der Waals surface area contributed by atoms with Crippen LogP contribution in [0.25, 0.3) is 0 Å². The zero-order chi connectivity index (χ0) is 11.5. The number of benzene rings is 1. The van der Waals surface area contributed by atoms with Gasteiger partial charge in [0.05, 0.1) is 19.1 Å². The van der Waals surface area contributed by atoms with Crippen molar-refractivity contribution in [2.75, 3.05) is 13.7 Å². The fraction of sp³-hybridized carbons (Fsp3) is 0.417. The van der Waals surface area contributed by atoms with Gasteiger partial charge in [-0.3, -0.25) is 4.79 Å². The Morgan fingerprint density at radius 1 is 1.33 bits per heavy atom. The summed E-state index contributed by atoms with van der Waals surface area (Å²) < 4.78 is 5.00. The van der Waals surface area contributed by atoms with Gasteiger partial charge in [0.25, 0.3) is 0 Å². The molecule has 0 bridgehead atoms. The Morgan fingerprint density at radius 2 is 1.87 bits per heavy atom. The molecule has 1 aromatic rings. The summed E-state index contributed by atoms with van der Waals surface area (Å²) in [5.41, 5.74) is -0.135. The highest BCUT2D eigenvalue weighted by atomic mass is 16.5. The standard InChI is InChI=1S/C12H16O3/c1-12(2,8-13)11(14)9-4-6-10(15-3)7-5-9/h4-7,13H,8H2,1-3H3. The summed E-state index contributed by atoms with van der Waals surface area (Å²) in [6, 6.07) is 6.89.